The molecule has 26 heavy (non-hydrogen) atoms. The molecular formula is C18H21N5O2S. The van der Waals surface area contributed by atoms with Gasteiger partial charge in [-0.05, 0) is 44.5 Å². The highest BCUT2D eigenvalue weighted by Crippen LogP contribution is 2.29. The van der Waals surface area contributed by atoms with Gasteiger partial charge in [-0.15, -0.1) is 0 Å². The SMILES string of the molecule is CCn1nc(C)c(S(=O)(=O)N2CCc3nc4ncccc4cc3C2)c1C. The highest BCUT2D eigenvalue weighted by molar-refractivity contribution is 7.89. The van der Waals surface area contributed by atoms with Crippen LogP contribution in [-0.2, 0) is 29.5 Å². The zero-order chi connectivity index (χ0) is 18.5. The Kier molecular flexibility index (Phi) is 4.04. The summed E-state index contributed by atoms with van der Waals surface area (Å²) in [4.78, 5) is 9.23. The summed E-state index contributed by atoms with van der Waals surface area (Å²) in [6.45, 7) is 6.91. The molecule has 7 nitrogen and oxygen atoms in total. The monoisotopic (exact) mass is 371 g/mol. The first-order valence-corrected chi connectivity index (χ1v) is 10.1. The molecule has 0 saturated heterocycles. The van der Waals surface area contributed by atoms with Crippen LogP contribution in [0.4, 0.5) is 0 Å². The number of aryl methyl sites for hydroxylation is 2. The lowest BCUT2D eigenvalue weighted by Crippen LogP contribution is -2.36. The van der Waals surface area contributed by atoms with Crippen LogP contribution in [0.1, 0.15) is 29.6 Å². The van der Waals surface area contributed by atoms with Gasteiger partial charge in [0.1, 0.15) is 4.90 Å². The summed E-state index contributed by atoms with van der Waals surface area (Å²) in [7, 11) is -3.60. The maximum atomic E-state index is 13.3. The Balaban J connectivity index is 1.74. The van der Waals surface area contributed by atoms with Gasteiger partial charge < -0.3 is 0 Å². The van der Waals surface area contributed by atoms with Crippen LogP contribution in [0.15, 0.2) is 29.3 Å². The van der Waals surface area contributed by atoms with E-state index in [0.717, 1.165) is 16.6 Å². The molecule has 3 aromatic heterocycles. The number of pyridine rings is 2. The molecule has 0 aliphatic carbocycles. The lowest BCUT2D eigenvalue weighted by Gasteiger charge is -2.27. The largest absolute Gasteiger partial charge is 0.268 e. The van der Waals surface area contributed by atoms with E-state index in [1.54, 1.807) is 17.8 Å². The fourth-order valence-corrected chi connectivity index (χ4v) is 5.43. The summed E-state index contributed by atoms with van der Waals surface area (Å²) in [5.74, 6) is 0. The molecule has 0 atom stereocenters. The highest BCUT2D eigenvalue weighted by atomic mass is 32.2. The number of rotatable bonds is 3. The normalized spacial score (nSPS) is 15.3. The van der Waals surface area contributed by atoms with Gasteiger partial charge in [0.05, 0.1) is 11.4 Å². The van der Waals surface area contributed by atoms with Crippen molar-refractivity contribution in [2.45, 2.75) is 45.2 Å². The van der Waals surface area contributed by atoms with Gasteiger partial charge in [0.15, 0.2) is 5.65 Å². The van der Waals surface area contributed by atoms with Crippen LogP contribution < -0.4 is 0 Å². The van der Waals surface area contributed by atoms with Gasteiger partial charge in [0.2, 0.25) is 10.0 Å². The van der Waals surface area contributed by atoms with Crippen molar-refractivity contribution in [3.8, 4) is 0 Å². The van der Waals surface area contributed by atoms with Gasteiger partial charge >= 0.3 is 0 Å². The van der Waals surface area contributed by atoms with Gasteiger partial charge in [-0.1, -0.05) is 0 Å². The lowest BCUT2D eigenvalue weighted by molar-refractivity contribution is 0.388. The summed E-state index contributed by atoms with van der Waals surface area (Å²) in [6.07, 6.45) is 2.30. The number of sulfonamides is 1. The molecule has 3 aromatic rings. The van der Waals surface area contributed by atoms with Crippen LogP contribution in [0.25, 0.3) is 11.0 Å². The maximum absolute atomic E-state index is 13.3. The van der Waals surface area contributed by atoms with E-state index in [-0.39, 0.29) is 0 Å². The molecule has 1 aliphatic rings. The van der Waals surface area contributed by atoms with Gasteiger partial charge in [0, 0.05) is 43.3 Å². The predicted molar refractivity (Wildman–Crippen MR) is 98.2 cm³/mol. The van der Waals surface area contributed by atoms with Crippen molar-refractivity contribution in [2.75, 3.05) is 6.54 Å². The van der Waals surface area contributed by atoms with Gasteiger partial charge in [-0.3, -0.25) is 4.68 Å². The van der Waals surface area contributed by atoms with Crippen molar-refractivity contribution < 1.29 is 8.42 Å². The van der Waals surface area contributed by atoms with E-state index in [2.05, 4.69) is 15.1 Å². The average molecular weight is 371 g/mol. The Morgan fingerprint density at radius 1 is 1.27 bits per heavy atom. The number of nitrogens with zero attached hydrogens (tertiary/aromatic N) is 5. The van der Waals surface area contributed by atoms with E-state index in [1.165, 1.54) is 4.31 Å². The third-order valence-corrected chi connectivity index (χ3v) is 7.01. The van der Waals surface area contributed by atoms with Gasteiger partial charge in [-0.2, -0.15) is 9.40 Å². The van der Waals surface area contributed by atoms with Crippen LogP contribution in [0, 0.1) is 13.8 Å². The highest BCUT2D eigenvalue weighted by Gasteiger charge is 2.33. The van der Waals surface area contributed by atoms with Crippen molar-refractivity contribution in [1.29, 1.82) is 0 Å². The number of hydrogen-bond donors (Lipinski definition) is 0. The van der Waals surface area contributed by atoms with Crippen molar-refractivity contribution >= 4 is 21.1 Å². The quantitative estimate of drug-likeness (QED) is 0.705. The molecule has 0 N–H and O–H groups in total. The molecule has 4 heterocycles. The molecule has 0 aromatic carbocycles. The average Bonchev–Trinajstić information content (AvgIpc) is 2.93. The molecule has 4 rings (SSSR count). The van der Waals surface area contributed by atoms with E-state index < -0.39 is 10.0 Å². The molecule has 1 aliphatic heterocycles. The summed E-state index contributed by atoms with van der Waals surface area (Å²) >= 11 is 0. The third kappa shape index (κ3) is 2.60. The maximum Gasteiger partial charge on any atom is 0.247 e. The molecule has 0 amide bonds. The smallest absolute Gasteiger partial charge is 0.247 e. The minimum absolute atomic E-state index is 0.325. The van der Waals surface area contributed by atoms with Crippen molar-refractivity contribution in [1.82, 2.24) is 24.1 Å². The van der Waals surface area contributed by atoms with Crippen molar-refractivity contribution in [3.05, 3.63) is 47.0 Å². The minimum atomic E-state index is -3.60. The molecule has 8 heteroatoms. The van der Waals surface area contributed by atoms with Crippen LogP contribution in [0.2, 0.25) is 0 Å². The first kappa shape index (κ1) is 17.1. The van der Waals surface area contributed by atoms with E-state index in [0.29, 0.717) is 48.0 Å². The first-order chi connectivity index (χ1) is 12.4. The summed E-state index contributed by atoms with van der Waals surface area (Å²) in [5.41, 5.74) is 3.82. The van der Waals surface area contributed by atoms with Crippen LogP contribution in [0.5, 0.6) is 0 Å². The third-order valence-electron chi connectivity index (χ3n) is 4.92. The minimum Gasteiger partial charge on any atom is -0.268 e. The van der Waals surface area contributed by atoms with Crippen molar-refractivity contribution in [3.63, 3.8) is 0 Å². The van der Waals surface area contributed by atoms with E-state index in [4.69, 9.17) is 0 Å². The molecular weight excluding hydrogens is 350 g/mol. The lowest BCUT2D eigenvalue weighted by atomic mass is 10.1. The Bertz CT molecular complexity index is 1100. The Hall–Kier alpha value is -2.32. The second-order valence-electron chi connectivity index (χ2n) is 6.55. The van der Waals surface area contributed by atoms with Crippen LogP contribution in [0.3, 0.4) is 0 Å². The number of aromatic nitrogens is 4. The van der Waals surface area contributed by atoms with Gasteiger partial charge in [0.25, 0.3) is 0 Å². The van der Waals surface area contributed by atoms with E-state index in [1.807, 2.05) is 32.0 Å². The topological polar surface area (TPSA) is 81.0 Å². The van der Waals surface area contributed by atoms with E-state index in [9.17, 15) is 8.42 Å². The Labute approximate surface area is 152 Å². The summed E-state index contributed by atoms with van der Waals surface area (Å²) in [5, 5.41) is 5.29. The van der Waals surface area contributed by atoms with E-state index >= 15 is 0 Å². The fraction of sp³-hybridized carbons (Fsp3) is 0.389. The Morgan fingerprint density at radius 3 is 2.81 bits per heavy atom. The zero-order valence-electron chi connectivity index (χ0n) is 15.1. The number of fused-ring (bicyclic) bond motifs is 2. The molecule has 0 fully saturated rings. The second-order valence-corrected chi connectivity index (χ2v) is 8.42. The standard InChI is InChI=1S/C18H21N5O2S/c1-4-23-13(3)17(12(2)21-23)26(24,25)22-9-7-16-15(11-22)10-14-6-5-8-19-18(14)20-16/h5-6,8,10H,4,7,9,11H2,1-3H3. The zero-order valence-corrected chi connectivity index (χ0v) is 15.9. The van der Waals surface area contributed by atoms with Crippen LogP contribution >= 0.6 is 0 Å². The first-order valence-electron chi connectivity index (χ1n) is 8.69. The van der Waals surface area contributed by atoms with Crippen LogP contribution in [-0.4, -0.2) is 39.0 Å². The molecule has 0 unspecified atom stereocenters. The summed E-state index contributed by atoms with van der Waals surface area (Å²) < 4.78 is 29.8. The molecule has 0 saturated carbocycles. The Morgan fingerprint density at radius 2 is 2.08 bits per heavy atom. The number of hydrogen-bond acceptors (Lipinski definition) is 5. The summed E-state index contributed by atoms with van der Waals surface area (Å²) in [6, 6.07) is 5.81. The molecule has 0 radical (unpaired) electrons. The molecule has 0 spiro atoms. The predicted octanol–water partition coefficient (Wildman–Crippen LogP) is 2.21. The molecule has 0 bridgehead atoms. The second kappa shape index (κ2) is 6.14. The fourth-order valence-electron chi connectivity index (χ4n) is 3.64. The molecule has 136 valence electrons. The van der Waals surface area contributed by atoms with Gasteiger partial charge in [-0.25, -0.2) is 18.4 Å². The van der Waals surface area contributed by atoms with Crippen molar-refractivity contribution in [2.24, 2.45) is 0 Å².